The fourth-order valence-electron chi connectivity index (χ4n) is 3.35. The summed E-state index contributed by atoms with van der Waals surface area (Å²) in [5.74, 6) is 1.86. The van der Waals surface area contributed by atoms with Gasteiger partial charge in [0.2, 0.25) is 0 Å². The predicted octanol–water partition coefficient (Wildman–Crippen LogP) is 6.10. The SMILES string of the molecule is COc1ccc(C(C)(C)C)cc1CCOCCc1cc(C(C)(C)C)ccc1OC. The largest absolute Gasteiger partial charge is 0.496 e. The molecule has 0 saturated heterocycles. The van der Waals surface area contributed by atoms with E-state index in [4.69, 9.17) is 14.2 Å². The van der Waals surface area contributed by atoms with Crippen LogP contribution in [0, 0.1) is 0 Å². The van der Waals surface area contributed by atoms with Crippen molar-refractivity contribution in [3.63, 3.8) is 0 Å². The first kappa shape index (κ1) is 23.3. The zero-order chi connectivity index (χ0) is 21.7. The van der Waals surface area contributed by atoms with Crippen LogP contribution >= 0.6 is 0 Å². The third-order valence-electron chi connectivity index (χ3n) is 5.32. The van der Waals surface area contributed by atoms with Gasteiger partial charge in [-0.1, -0.05) is 65.8 Å². The van der Waals surface area contributed by atoms with Gasteiger partial charge in [-0.15, -0.1) is 0 Å². The molecule has 0 aliphatic rings. The summed E-state index contributed by atoms with van der Waals surface area (Å²) in [6.07, 6.45) is 1.68. The van der Waals surface area contributed by atoms with Crippen LogP contribution < -0.4 is 9.47 Å². The Morgan fingerprint density at radius 3 is 1.31 bits per heavy atom. The summed E-state index contributed by atoms with van der Waals surface area (Å²) in [6, 6.07) is 12.9. The minimum atomic E-state index is 0.122. The highest BCUT2D eigenvalue weighted by Gasteiger charge is 2.17. The Labute approximate surface area is 177 Å². The van der Waals surface area contributed by atoms with Gasteiger partial charge in [-0.3, -0.25) is 0 Å². The van der Waals surface area contributed by atoms with Crippen LogP contribution in [0.1, 0.15) is 63.8 Å². The summed E-state index contributed by atoms with van der Waals surface area (Å²) >= 11 is 0. The Bertz CT molecular complexity index is 727. The topological polar surface area (TPSA) is 27.7 Å². The molecule has 0 heterocycles. The Morgan fingerprint density at radius 2 is 1.00 bits per heavy atom. The Hall–Kier alpha value is -2.00. The molecule has 0 saturated carbocycles. The molecule has 2 aromatic carbocycles. The first-order chi connectivity index (χ1) is 13.6. The summed E-state index contributed by atoms with van der Waals surface area (Å²) in [6.45, 7) is 14.7. The van der Waals surface area contributed by atoms with E-state index >= 15 is 0 Å². The molecule has 0 unspecified atom stereocenters. The molecule has 160 valence electrons. The lowest BCUT2D eigenvalue weighted by Gasteiger charge is -2.21. The van der Waals surface area contributed by atoms with E-state index in [9.17, 15) is 0 Å². The van der Waals surface area contributed by atoms with E-state index in [2.05, 4.69) is 77.9 Å². The van der Waals surface area contributed by atoms with E-state index < -0.39 is 0 Å². The lowest BCUT2D eigenvalue weighted by molar-refractivity contribution is 0.139. The van der Waals surface area contributed by atoms with Crippen molar-refractivity contribution >= 4 is 0 Å². The van der Waals surface area contributed by atoms with Gasteiger partial charge >= 0.3 is 0 Å². The zero-order valence-corrected chi connectivity index (χ0v) is 19.5. The molecule has 0 aliphatic carbocycles. The van der Waals surface area contributed by atoms with Crippen LogP contribution in [0.5, 0.6) is 11.5 Å². The lowest BCUT2D eigenvalue weighted by atomic mass is 9.85. The Morgan fingerprint density at radius 1 is 0.621 bits per heavy atom. The first-order valence-electron chi connectivity index (χ1n) is 10.5. The molecule has 0 spiro atoms. The molecule has 0 radical (unpaired) electrons. The predicted molar refractivity (Wildman–Crippen MR) is 122 cm³/mol. The molecule has 0 N–H and O–H groups in total. The highest BCUT2D eigenvalue weighted by Crippen LogP contribution is 2.29. The molecular formula is C26H38O3. The van der Waals surface area contributed by atoms with Crippen LogP contribution in [0.25, 0.3) is 0 Å². The third kappa shape index (κ3) is 6.50. The van der Waals surface area contributed by atoms with Gasteiger partial charge in [0.1, 0.15) is 11.5 Å². The van der Waals surface area contributed by atoms with E-state index in [1.165, 1.54) is 22.3 Å². The first-order valence-corrected chi connectivity index (χ1v) is 10.5. The van der Waals surface area contributed by atoms with Crippen LogP contribution in [0.15, 0.2) is 36.4 Å². The average Bonchev–Trinajstić information content (AvgIpc) is 2.66. The molecule has 3 heteroatoms. The van der Waals surface area contributed by atoms with Crippen LogP contribution in [0.2, 0.25) is 0 Å². The van der Waals surface area contributed by atoms with Crippen molar-refractivity contribution in [3.05, 3.63) is 58.7 Å². The number of benzene rings is 2. The van der Waals surface area contributed by atoms with Gasteiger partial charge in [-0.05, 0) is 58.1 Å². The molecule has 2 rings (SSSR count). The maximum absolute atomic E-state index is 5.98. The molecular weight excluding hydrogens is 360 g/mol. The van der Waals surface area contributed by atoms with E-state index in [1.807, 2.05) is 0 Å². The standard InChI is InChI=1S/C26H38O3/c1-25(2,3)21-9-11-23(27-7)19(17-21)13-15-29-16-14-20-18-22(26(4,5)6)10-12-24(20)28-8/h9-12,17-18H,13-16H2,1-8H3. The highest BCUT2D eigenvalue weighted by molar-refractivity contribution is 5.41. The fourth-order valence-corrected chi connectivity index (χ4v) is 3.35. The molecule has 2 aromatic rings. The zero-order valence-electron chi connectivity index (χ0n) is 19.5. The third-order valence-corrected chi connectivity index (χ3v) is 5.32. The summed E-state index contributed by atoms with van der Waals surface area (Å²) in [4.78, 5) is 0. The molecule has 0 aromatic heterocycles. The number of ether oxygens (including phenoxy) is 3. The van der Waals surface area contributed by atoms with Crippen molar-refractivity contribution in [2.75, 3.05) is 27.4 Å². The fraction of sp³-hybridized carbons (Fsp3) is 0.538. The monoisotopic (exact) mass is 398 g/mol. The molecule has 0 aliphatic heterocycles. The number of hydrogen-bond acceptors (Lipinski definition) is 3. The van der Waals surface area contributed by atoms with Gasteiger partial charge in [0.15, 0.2) is 0 Å². The average molecular weight is 399 g/mol. The van der Waals surface area contributed by atoms with Crippen LogP contribution in [-0.4, -0.2) is 27.4 Å². The lowest BCUT2D eigenvalue weighted by Crippen LogP contribution is -2.13. The molecule has 3 nitrogen and oxygen atoms in total. The molecule has 29 heavy (non-hydrogen) atoms. The van der Waals surface area contributed by atoms with Gasteiger partial charge in [0.25, 0.3) is 0 Å². The normalized spacial score (nSPS) is 12.1. The molecule has 0 atom stereocenters. The van der Waals surface area contributed by atoms with Gasteiger partial charge in [0, 0.05) is 0 Å². The minimum Gasteiger partial charge on any atom is -0.496 e. The van der Waals surface area contributed by atoms with Crippen molar-refractivity contribution in [1.29, 1.82) is 0 Å². The van der Waals surface area contributed by atoms with Crippen LogP contribution in [0.3, 0.4) is 0 Å². The quantitative estimate of drug-likeness (QED) is 0.503. The summed E-state index contributed by atoms with van der Waals surface area (Å²) in [5.41, 5.74) is 5.28. The second-order valence-corrected chi connectivity index (χ2v) is 9.67. The molecule has 0 fully saturated rings. The minimum absolute atomic E-state index is 0.122. The van der Waals surface area contributed by atoms with E-state index in [0.29, 0.717) is 13.2 Å². The Balaban J connectivity index is 1.97. The van der Waals surface area contributed by atoms with Crippen molar-refractivity contribution in [2.24, 2.45) is 0 Å². The van der Waals surface area contributed by atoms with Crippen molar-refractivity contribution < 1.29 is 14.2 Å². The van der Waals surface area contributed by atoms with Gasteiger partial charge in [-0.25, -0.2) is 0 Å². The second-order valence-electron chi connectivity index (χ2n) is 9.67. The highest BCUT2D eigenvalue weighted by atomic mass is 16.5. The van der Waals surface area contributed by atoms with Gasteiger partial charge < -0.3 is 14.2 Å². The van der Waals surface area contributed by atoms with Crippen molar-refractivity contribution in [2.45, 2.75) is 65.2 Å². The van der Waals surface area contributed by atoms with Crippen molar-refractivity contribution in [3.8, 4) is 11.5 Å². The maximum atomic E-state index is 5.98. The summed E-state index contributed by atoms with van der Waals surface area (Å²) < 4.78 is 17.1. The van der Waals surface area contributed by atoms with Gasteiger partial charge in [0.05, 0.1) is 27.4 Å². The number of rotatable bonds is 8. The summed E-state index contributed by atoms with van der Waals surface area (Å²) in [5, 5.41) is 0. The van der Waals surface area contributed by atoms with Crippen molar-refractivity contribution in [1.82, 2.24) is 0 Å². The molecule has 0 amide bonds. The summed E-state index contributed by atoms with van der Waals surface area (Å²) in [7, 11) is 3.45. The Kier molecular flexibility index (Phi) is 7.76. The molecule has 0 bridgehead atoms. The maximum Gasteiger partial charge on any atom is 0.122 e. The van der Waals surface area contributed by atoms with Crippen LogP contribution in [0.4, 0.5) is 0 Å². The van der Waals surface area contributed by atoms with E-state index in [-0.39, 0.29) is 10.8 Å². The number of methoxy groups -OCH3 is 2. The van der Waals surface area contributed by atoms with Crippen LogP contribution in [-0.2, 0) is 28.4 Å². The van der Waals surface area contributed by atoms with E-state index in [0.717, 1.165) is 24.3 Å². The van der Waals surface area contributed by atoms with Gasteiger partial charge in [-0.2, -0.15) is 0 Å². The van der Waals surface area contributed by atoms with E-state index in [1.54, 1.807) is 14.2 Å². The smallest absolute Gasteiger partial charge is 0.122 e. The second kappa shape index (κ2) is 9.67. The number of hydrogen-bond donors (Lipinski definition) is 0.